The average molecular weight is 140 g/mol. The quantitative estimate of drug-likeness (QED) is 0.463. The van der Waals surface area contributed by atoms with Gasteiger partial charge in [-0.25, -0.2) is 0 Å². The van der Waals surface area contributed by atoms with Gasteiger partial charge in [0.25, 0.3) is 0 Å². The normalized spacial score (nSPS) is 27.0. The Hall–Kier alpha value is -0.740. The summed E-state index contributed by atoms with van der Waals surface area (Å²) in [5.74, 6) is -3.03. The molecule has 0 aromatic carbocycles. The number of ether oxygens (including phenoxy) is 1. The smallest absolute Gasteiger partial charge is 0.405 e. The van der Waals surface area contributed by atoms with E-state index in [-0.39, 0.29) is 0 Å². The molecule has 1 unspecified atom stereocenters. The first-order chi connectivity index (χ1) is 4.02. The Morgan fingerprint density at radius 1 is 1.56 bits per heavy atom. The first-order valence-corrected chi connectivity index (χ1v) is 2.25. The molecule has 1 heterocycles. The van der Waals surface area contributed by atoms with Crippen LogP contribution in [0.5, 0.6) is 0 Å². The Labute approximate surface area is 48.6 Å². The molecule has 1 aliphatic rings. The van der Waals surface area contributed by atoms with Crippen LogP contribution >= 0.6 is 0 Å². The topological polar surface area (TPSA) is 26.3 Å². The number of carbonyl (C=O) groups excluding carboxylic acids is 1. The summed E-state index contributed by atoms with van der Waals surface area (Å²) in [6, 6.07) is 0. The molecule has 1 saturated heterocycles. The zero-order valence-electron chi connectivity index (χ0n) is 4.23. The van der Waals surface area contributed by atoms with Crippen LogP contribution in [0, 0.1) is 5.92 Å². The van der Waals surface area contributed by atoms with Crippen molar-refractivity contribution in [1.29, 1.82) is 0 Å². The molecule has 0 bridgehead atoms. The number of halogens is 3. The molecule has 0 spiro atoms. The van der Waals surface area contributed by atoms with Gasteiger partial charge in [0.15, 0.2) is 5.92 Å². The van der Waals surface area contributed by atoms with Crippen molar-refractivity contribution in [3.63, 3.8) is 0 Å². The van der Waals surface area contributed by atoms with Gasteiger partial charge in [0, 0.05) is 0 Å². The molecule has 0 aromatic rings. The van der Waals surface area contributed by atoms with E-state index in [1.165, 1.54) is 0 Å². The summed E-state index contributed by atoms with van der Waals surface area (Å²) in [4.78, 5) is 9.93. The minimum absolute atomic E-state index is 0.512. The predicted octanol–water partition coefficient (Wildman–Crippen LogP) is 0.722. The summed E-state index contributed by atoms with van der Waals surface area (Å²) in [5, 5.41) is 0. The van der Waals surface area contributed by atoms with E-state index in [1.54, 1.807) is 0 Å². The third kappa shape index (κ3) is 0.988. The van der Waals surface area contributed by atoms with Crippen LogP contribution < -0.4 is 0 Å². The van der Waals surface area contributed by atoms with Gasteiger partial charge in [-0.3, -0.25) is 4.79 Å². The van der Waals surface area contributed by atoms with Crippen molar-refractivity contribution in [2.45, 2.75) is 6.18 Å². The maximum Gasteiger partial charge on any atom is 0.405 e. The fraction of sp³-hybridized carbons (Fsp3) is 0.750. The average Bonchev–Trinajstić information content (AvgIpc) is 1.57. The van der Waals surface area contributed by atoms with Crippen molar-refractivity contribution in [2.75, 3.05) is 6.61 Å². The minimum atomic E-state index is -4.41. The van der Waals surface area contributed by atoms with E-state index in [2.05, 4.69) is 4.74 Å². The van der Waals surface area contributed by atoms with Gasteiger partial charge in [0.1, 0.15) is 6.61 Å². The molecule has 0 N–H and O–H groups in total. The maximum atomic E-state index is 11.5. The zero-order valence-corrected chi connectivity index (χ0v) is 4.23. The highest BCUT2D eigenvalue weighted by Gasteiger charge is 2.52. The first-order valence-electron chi connectivity index (χ1n) is 2.25. The Morgan fingerprint density at radius 3 is 2.11 bits per heavy atom. The van der Waals surface area contributed by atoms with E-state index in [0.29, 0.717) is 0 Å². The van der Waals surface area contributed by atoms with Crippen LogP contribution in [0.2, 0.25) is 0 Å². The molecule has 0 radical (unpaired) electrons. The number of rotatable bonds is 0. The van der Waals surface area contributed by atoms with E-state index >= 15 is 0 Å². The molecular weight excluding hydrogens is 137 g/mol. The number of carbonyl (C=O) groups is 1. The third-order valence-corrected chi connectivity index (χ3v) is 1.07. The fourth-order valence-electron chi connectivity index (χ4n) is 0.463. The molecule has 9 heavy (non-hydrogen) atoms. The summed E-state index contributed by atoms with van der Waals surface area (Å²) in [6.07, 6.45) is -4.41. The highest BCUT2D eigenvalue weighted by Crippen LogP contribution is 2.32. The van der Waals surface area contributed by atoms with Crippen LogP contribution in [-0.2, 0) is 9.53 Å². The highest BCUT2D eigenvalue weighted by atomic mass is 19.4. The maximum absolute atomic E-state index is 11.5. The second-order valence-corrected chi connectivity index (χ2v) is 1.72. The summed E-state index contributed by atoms with van der Waals surface area (Å²) in [7, 11) is 0. The lowest BCUT2D eigenvalue weighted by atomic mass is 10.1. The van der Waals surface area contributed by atoms with Gasteiger partial charge in [-0.15, -0.1) is 0 Å². The molecule has 0 amide bonds. The molecule has 52 valence electrons. The molecule has 0 aromatic heterocycles. The Morgan fingerprint density at radius 2 is 2.11 bits per heavy atom. The molecule has 5 heteroatoms. The van der Waals surface area contributed by atoms with Crippen LogP contribution in [0.25, 0.3) is 0 Å². The van der Waals surface area contributed by atoms with Crippen molar-refractivity contribution in [2.24, 2.45) is 5.92 Å². The monoisotopic (exact) mass is 140 g/mol. The van der Waals surface area contributed by atoms with E-state index in [1.807, 2.05) is 0 Å². The van der Waals surface area contributed by atoms with Crippen LogP contribution in [0.3, 0.4) is 0 Å². The highest BCUT2D eigenvalue weighted by molar-refractivity contribution is 5.78. The molecule has 1 rings (SSSR count). The third-order valence-electron chi connectivity index (χ3n) is 1.07. The predicted molar refractivity (Wildman–Crippen MR) is 20.5 cm³/mol. The SMILES string of the molecule is O=C1OCC1C(F)(F)F. The number of esters is 1. The molecule has 1 atom stereocenters. The van der Waals surface area contributed by atoms with Gasteiger partial charge in [-0.05, 0) is 0 Å². The molecule has 1 aliphatic heterocycles. The minimum Gasteiger partial charge on any atom is -0.464 e. The van der Waals surface area contributed by atoms with E-state index in [9.17, 15) is 18.0 Å². The second kappa shape index (κ2) is 1.62. The lowest BCUT2D eigenvalue weighted by Crippen LogP contribution is -2.44. The van der Waals surface area contributed by atoms with Gasteiger partial charge in [0.2, 0.25) is 0 Å². The van der Waals surface area contributed by atoms with E-state index in [0.717, 1.165) is 0 Å². The van der Waals surface area contributed by atoms with E-state index in [4.69, 9.17) is 0 Å². The van der Waals surface area contributed by atoms with Crippen LogP contribution in [0.4, 0.5) is 13.2 Å². The van der Waals surface area contributed by atoms with Crippen molar-refractivity contribution in [3.05, 3.63) is 0 Å². The largest absolute Gasteiger partial charge is 0.464 e. The number of hydrogen-bond donors (Lipinski definition) is 0. The van der Waals surface area contributed by atoms with E-state index < -0.39 is 24.7 Å². The van der Waals surface area contributed by atoms with Crippen molar-refractivity contribution >= 4 is 5.97 Å². The number of cyclic esters (lactones) is 1. The molecule has 0 aliphatic carbocycles. The van der Waals surface area contributed by atoms with Crippen LogP contribution in [0.1, 0.15) is 0 Å². The molecular formula is C4H3F3O2. The first kappa shape index (κ1) is 6.38. The summed E-state index contributed by atoms with van der Waals surface area (Å²) < 4.78 is 38.3. The Kier molecular flexibility index (Phi) is 1.15. The Balaban J connectivity index is 2.54. The van der Waals surface area contributed by atoms with Gasteiger partial charge in [0.05, 0.1) is 0 Å². The van der Waals surface area contributed by atoms with Gasteiger partial charge in [-0.2, -0.15) is 13.2 Å². The zero-order chi connectivity index (χ0) is 7.07. The van der Waals surface area contributed by atoms with Crippen molar-refractivity contribution < 1.29 is 22.7 Å². The van der Waals surface area contributed by atoms with Gasteiger partial charge >= 0.3 is 12.1 Å². The molecule has 2 nitrogen and oxygen atoms in total. The number of hydrogen-bond acceptors (Lipinski definition) is 2. The summed E-state index contributed by atoms with van der Waals surface area (Å²) >= 11 is 0. The van der Waals surface area contributed by atoms with Crippen LogP contribution in [0.15, 0.2) is 0 Å². The van der Waals surface area contributed by atoms with Crippen molar-refractivity contribution in [1.82, 2.24) is 0 Å². The van der Waals surface area contributed by atoms with Gasteiger partial charge < -0.3 is 4.74 Å². The Bertz CT molecular complexity index is 139. The molecule has 0 saturated carbocycles. The second-order valence-electron chi connectivity index (χ2n) is 1.72. The van der Waals surface area contributed by atoms with Crippen LogP contribution in [-0.4, -0.2) is 18.8 Å². The van der Waals surface area contributed by atoms with Gasteiger partial charge in [-0.1, -0.05) is 0 Å². The fourth-order valence-corrected chi connectivity index (χ4v) is 0.463. The summed E-state index contributed by atoms with van der Waals surface area (Å²) in [5.41, 5.74) is 0. The lowest BCUT2D eigenvalue weighted by Gasteiger charge is -2.25. The molecule has 1 fully saturated rings. The van der Waals surface area contributed by atoms with Crippen molar-refractivity contribution in [3.8, 4) is 0 Å². The standard InChI is InChI=1S/C4H3F3O2/c5-4(6,7)2-1-9-3(2)8/h2H,1H2. The lowest BCUT2D eigenvalue weighted by molar-refractivity contribution is -0.233. The number of alkyl halides is 3. The summed E-state index contributed by atoms with van der Waals surface area (Å²) in [6.45, 7) is -0.512.